The monoisotopic (exact) mass is 507 g/mol. The minimum atomic E-state index is -0.228. The van der Waals surface area contributed by atoms with Crippen molar-refractivity contribution in [3.8, 4) is 11.4 Å². The lowest BCUT2D eigenvalue weighted by atomic mass is 9.86. The number of hydrogen-bond donors (Lipinski definition) is 0. The van der Waals surface area contributed by atoms with Crippen molar-refractivity contribution in [2.45, 2.75) is 41.1 Å². The highest BCUT2D eigenvalue weighted by atomic mass is 32.2. The number of hydrogen-bond acceptors (Lipinski definition) is 5. The zero-order chi connectivity index (χ0) is 24.7. The maximum Gasteiger partial charge on any atom is 0.168 e. The molecule has 6 heteroatoms. The summed E-state index contributed by atoms with van der Waals surface area (Å²) in [5.41, 5.74) is 4.07. The maximum absolute atomic E-state index is 6.62. The Morgan fingerprint density at radius 2 is 1.70 bits per heavy atom. The van der Waals surface area contributed by atoms with E-state index in [1.54, 1.807) is 11.8 Å². The average Bonchev–Trinajstić information content (AvgIpc) is 3.69. The van der Waals surface area contributed by atoms with Gasteiger partial charge in [-0.15, -0.1) is 10.2 Å². The lowest BCUT2D eigenvalue weighted by Crippen LogP contribution is -2.37. The molecule has 0 spiro atoms. The molecule has 0 unspecified atom stereocenters. The second kappa shape index (κ2) is 9.60. The molecule has 5 nitrogen and oxygen atoms in total. The molecule has 5 aromatic rings. The molecular formula is C31H29N3O2S. The van der Waals surface area contributed by atoms with Crippen molar-refractivity contribution < 1.29 is 9.47 Å². The molecule has 0 atom stereocenters. The zero-order valence-electron chi connectivity index (χ0n) is 20.7. The summed E-state index contributed by atoms with van der Waals surface area (Å²) in [5.74, 6) is 1.61. The first-order valence-corrected chi connectivity index (χ1v) is 13.9. The molecule has 0 radical (unpaired) electrons. The van der Waals surface area contributed by atoms with Crippen molar-refractivity contribution in [2.24, 2.45) is 5.92 Å². The topological polar surface area (TPSA) is 48.7 Å². The van der Waals surface area contributed by atoms with Crippen LogP contribution in [0.25, 0.3) is 27.9 Å². The van der Waals surface area contributed by atoms with Gasteiger partial charge in [0.25, 0.3) is 0 Å². The van der Waals surface area contributed by atoms with Crippen LogP contribution in [-0.4, -0.2) is 34.4 Å². The van der Waals surface area contributed by atoms with E-state index in [2.05, 4.69) is 75.3 Å². The number of rotatable bonds is 7. The molecule has 7 rings (SSSR count). The summed E-state index contributed by atoms with van der Waals surface area (Å²) < 4.78 is 14.5. The van der Waals surface area contributed by atoms with E-state index >= 15 is 0 Å². The molecule has 37 heavy (non-hydrogen) atoms. The van der Waals surface area contributed by atoms with Crippen LogP contribution in [0.4, 0.5) is 0 Å². The summed E-state index contributed by atoms with van der Waals surface area (Å²) in [6, 6.07) is 30.0. The minimum Gasteiger partial charge on any atom is -0.381 e. The fraction of sp³-hybridized carbons (Fsp3) is 0.290. The van der Waals surface area contributed by atoms with E-state index in [-0.39, 0.29) is 5.60 Å². The number of nitrogens with zero attached hydrogens (tertiary/aromatic N) is 3. The molecule has 1 aliphatic carbocycles. The molecule has 0 N–H and O–H groups in total. The molecule has 1 saturated carbocycles. The third kappa shape index (κ3) is 4.54. The SMILES string of the molecule is c1ccc(-c2nnc3ccc4cc(Sc5cccc(C6(OCC7CC7)CCOCC6)c5)ccc4n23)cc1. The van der Waals surface area contributed by atoms with Gasteiger partial charge in [-0.3, -0.25) is 4.40 Å². The molecular weight excluding hydrogens is 478 g/mol. The maximum atomic E-state index is 6.62. The van der Waals surface area contributed by atoms with Crippen molar-refractivity contribution >= 4 is 28.3 Å². The summed E-state index contributed by atoms with van der Waals surface area (Å²) in [6.45, 7) is 2.38. The van der Waals surface area contributed by atoms with E-state index in [9.17, 15) is 0 Å². The van der Waals surface area contributed by atoms with Crippen LogP contribution < -0.4 is 0 Å². The lowest BCUT2D eigenvalue weighted by molar-refractivity contribution is -0.119. The predicted octanol–water partition coefficient (Wildman–Crippen LogP) is 7.13. The Kier molecular flexibility index (Phi) is 5.96. The van der Waals surface area contributed by atoms with Crippen LogP contribution in [0, 0.1) is 5.92 Å². The molecule has 186 valence electrons. The normalized spacial score (nSPS) is 17.4. The molecule has 0 bridgehead atoms. The van der Waals surface area contributed by atoms with Crippen LogP contribution in [0.15, 0.2) is 94.7 Å². The number of benzene rings is 3. The fourth-order valence-corrected chi connectivity index (χ4v) is 6.20. The van der Waals surface area contributed by atoms with Crippen LogP contribution in [0.2, 0.25) is 0 Å². The van der Waals surface area contributed by atoms with E-state index < -0.39 is 0 Å². The fourth-order valence-electron chi connectivity index (χ4n) is 5.27. The Labute approximate surface area is 220 Å². The third-order valence-corrected chi connectivity index (χ3v) is 8.54. The van der Waals surface area contributed by atoms with Crippen molar-refractivity contribution in [3.63, 3.8) is 0 Å². The highest BCUT2D eigenvalue weighted by molar-refractivity contribution is 7.99. The van der Waals surface area contributed by atoms with Gasteiger partial charge in [0.2, 0.25) is 0 Å². The summed E-state index contributed by atoms with van der Waals surface area (Å²) >= 11 is 1.80. The number of ether oxygens (including phenoxy) is 2. The van der Waals surface area contributed by atoms with E-state index in [4.69, 9.17) is 9.47 Å². The Hall–Kier alpha value is -3.19. The summed E-state index contributed by atoms with van der Waals surface area (Å²) in [4.78, 5) is 2.44. The summed E-state index contributed by atoms with van der Waals surface area (Å²) in [5, 5.41) is 10.1. The zero-order valence-corrected chi connectivity index (χ0v) is 21.5. The second-order valence-corrected chi connectivity index (χ2v) is 11.3. The van der Waals surface area contributed by atoms with Gasteiger partial charge < -0.3 is 9.47 Å². The van der Waals surface area contributed by atoms with E-state index in [0.717, 1.165) is 61.1 Å². The highest BCUT2D eigenvalue weighted by Crippen LogP contribution is 2.41. The van der Waals surface area contributed by atoms with Crippen molar-refractivity contribution in [2.75, 3.05) is 19.8 Å². The Morgan fingerprint density at radius 3 is 2.54 bits per heavy atom. The van der Waals surface area contributed by atoms with Crippen molar-refractivity contribution in [1.29, 1.82) is 0 Å². The first-order valence-electron chi connectivity index (χ1n) is 13.1. The lowest BCUT2D eigenvalue weighted by Gasteiger charge is -2.38. The second-order valence-electron chi connectivity index (χ2n) is 10.1. The number of pyridine rings is 1. The van der Waals surface area contributed by atoms with Gasteiger partial charge in [-0.25, -0.2) is 0 Å². The molecule has 0 amide bonds. The van der Waals surface area contributed by atoms with Gasteiger partial charge in [0, 0.05) is 41.4 Å². The summed E-state index contributed by atoms with van der Waals surface area (Å²) in [7, 11) is 0. The van der Waals surface area contributed by atoms with Gasteiger partial charge in [0.15, 0.2) is 11.5 Å². The quantitative estimate of drug-likeness (QED) is 0.234. The predicted molar refractivity (Wildman–Crippen MR) is 147 cm³/mol. The van der Waals surface area contributed by atoms with Gasteiger partial charge in [-0.1, -0.05) is 54.2 Å². The Bertz CT molecular complexity index is 1560. The number of fused-ring (bicyclic) bond motifs is 3. The van der Waals surface area contributed by atoms with Crippen LogP contribution in [0.3, 0.4) is 0 Å². The Balaban J connectivity index is 1.20. The molecule has 2 aromatic heterocycles. The van der Waals surface area contributed by atoms with Gasteiger partial charge in [0.1, 0.15) is 0 Å². The van der Waals surface area contributed by atoms with Crippen LogP contribution in [0.1, 0.15) is 31.2 Å². The van der Waals surface area contributed by atoms with E-state index in [1.807, 2.05) is 24.3 Å². The smallest absolute Gasteiger partial charge is 0.168 e. The largest absolute Gasteiger partial charge is 0.381 e. The first-order chi connectivity index (χ1) is 18.3. The molecule has 3 aromatic carbocycles. The van der Waals surface area contributed by atoms with E-state index in [0.29, 0.717) is 0 Å². The van der Waals surface area contributed by atoms with Gasteiger partial charge in [-0.05, 0) is 72.2 Å². The Morgan fingerprint density at radius 1 is 0.865 bits per heavy atom. The molecule has 1 aliphatic heterocycles. The average molecular weight is 508 g/mol. The van der Waals surface area contributed by atoms with Crippen LogP contribution >= 0.6 is 11.8 Å². The van der Waals surface area contributed by atoms with Crippen molar-refractivity contribution in [3.05, 3.63) is 90.5 Å². The van der Waals surface area contributed by atoms with Gasteiger partial charge in [0.05, 0.1) is 17.7 Å². The van der Waals surface area contributed by atoms with Crippen molar-refractivity contribution in [1.82, 2.24) is 14.6 Å². The summed E-state index contributed by atoms with van der Waals surface area (Å²) in [6.07, 6.45) is 4.45. The van der Waals surface area contributed by atoms with Crippen LogP contribution in [0.5, 0.6) is 0 Å². The molecule has 1 saturated heterocycles. The first kappa shape index (κ1) is 23.0. The highest BCUT2D eigenvalue weighted by Gasteiger charge is 2.37. The van der Waals surface area contributed by atoms with Crippen LogP contribution in [-0.2, 0) is 15.1 Å². The number of aromatic nitrogens is 3. The molecule has 2 aliphatic rings. The molecule has 2 fully saturated rings. The van der Waals surface area contributed by atoms with E-state index in [1.165, 1.54) is 33.6 Å². The van der Waals surface area contributed by atoms with Gasteiger partial charge >= 0.3 is 0 Å². The standard InChI is InChI=1S/C31H29N3O2S/c1-2-5-23(6-3-1)30-33-32-29-14-11-24-19-27(12-13-28(24)34(29)30)37-26-8-4-7-25(20-26)31(15-17-35-18-16-31)36-21-22-9-10-22/h1-8,11-14,19-20,22H,9-10,15-18,21H2. The van der Waals surface area contributed by atoms with Gasteiger partial charge in [-0.2, -0.15) is 0 Å². The third-order valence-electron chi connectivity index (χ3n) is 7.56. The minimum absolute atomic E-state index is 0.228. The molecule has 3 heterocycles.